The normalized spacial score (nSPS) is 12.9. The molecule has 4 heterocycles. The van der Waals surface area contributed by atoms with E-state index in [-0.39, 0.29) is 0 Å². The van der Waals surface area contributed by atoms with Crippen molar-refractivity contribution in [3.63, 3.8) is 0 Å². The van der Waals surface area contributed by atoms with Gasteiger partial charge in [-0.25, -0.2) is 4.98 Å². The maximum absolute atomic E-state index is 5.02. The first kappa shape index (κ1) is 14.3. The number of benzene rings is 2. The lowest BCUT2D eigenvalue weighted by Gasteiger charge is -2.07. The second-order valence-electron chi connectivity index (χ2n) is 7.40. The van der Waals surface area contributed by atoms with Gasteiger partial charge in [0.1, 0.15) is 5.52 Å². The molecule has 130 valence electrons. The van der Waals surface area contributed by atoms with E-state index in [9.17, 15) is 0 Å². The minimum atomic E-state index is 0.892. The van der Waals surface area contributed by atoms with Crippen molar-refractivity contribution in [2.45, 2.75) is 6.42 Å². The lowest BCUT2D eigenvalue weighted by atomic mass is 10.1. The molecule has 4 nitrogen and oxygen atoms in total. The number of hydrogen-bond acceptors (Lipinski definition) is 3. The zero-order valence-electron chi connectivity index (χ0n) is 14.9. The summed E-state index contributed by atoms with van der Waals surface area (Å²) < 4.78 is 2.22. The first-order valence-corrected chi connectivity index (χ1v) is 9.42. The van der Waals surface area contributed by atoms with Gasteiger partial charge < -0.3 is 0 Å². The minimum Gasteiger partial charge on any atom is -0.289 e. The number of fused-ring (bicyclic) bond motifs is 11. The number of nitrogens with zero attached hydrogens (tertiary/aromatic N) is 4. The van der Waals surface area contributed by atoms with Crippen molar-refractivity contribution in [1.29, 1.82) is 0 Å². The summed E-state index contributed by atoms with van der Waals surface area (Å²) in [5, 5.41) is 2.26. The van der Waals surface area contributed by atoms with Crippen LogP contribution in [0.2, 0.25) is 0 Å². The Morgan fingerprint density at radius 3 is 2.75 bits per heavy atom. The minimum absolute atomic E-state index is 0.892. The Labute approximate surface area is 160 Å². The predicted molar refractivity (Wildman–Crippen MR) is 112 cm³/mol. The van der Waals surface area contributed by atoms with Crippen LogP contribution in [0.4, 0.5) is 0 Å². The molecule has 0 aliphatic heterocycles. The number of imidazole rings is 1. The summed E-state index contributed by atoms with van der Waals surface area (Å²) in [6.07, 6.45) is 6.58. The highest BCUT2D eigenvalue weighted by molar-refractivity contribution is 6.12. The van der Waals surface area contributed by atoms with Crippen LogP contribution in [0.25, 0.3) is 49.6 Å². The summed E-state index contributed by atoms with van der Waals surface area (Å²) in [6.45, 7) is 0. The average molecular weight is 358 g/mol. The highest BCUT2D eigenvalue weighted by atomic mass is 15.0. The Bertz CT molecular complexity index is 1590. The van der Waals surface area contributed by atoms with Crippen molar-refractivity contribution >= 4 is 38.5 Å². The Morgan fingerprint density at radius 2 is 1.75 bits per heavy atom. The molecule has 0 fully saturated rings. The summed E-state index contributed by atoms with van der Waals surface area (Å²) >= 11 is 0. The van der Waals surface area contributed by atoms with E-state index >= 15 is 0 Å². The summed E-state index contributed by atoms with van der Waals surface area (Å²) in [4.78, 5) is 14.1. The number of pyridine rings is 3. The fraction of sp³-hybridized carbons (Fsp3) is 0.0417. The molecule has 0 radical (unpaired) electrons. The first-order chi connectivity index (χ1) is 13.9. The zero-order chi connectivity index (χ0) is 18.2. The molecule has 0 atom stereocenters. The second-order valence-corrected chi connectivity index (χ2v) is 7.40. The molecule has 2 aromatic carbocycles. The van der Waals surface area contributed by atoms with Gasteiger partial charge >= 0.3 is 0 Å². The van der Waals surface area contributed by atoms with E-state index in [0.29, 0.717) is 0 Å². The van der Waals surface area contributed by atoms with Crippen LogP contribution in [-0.4, -0.2) is 19.4 Å². The van der Waals surface area contributed by atoms with Crippen LogP contribution in [0.15, 0.2) is 73.2 Å². The van der Waals surface area contributed by atoms with Gasteiger partial charge in [-0.2, -0.15) is 0 Å². The van der Waals surface area contributed by atoms with Gasteiger partial charge in [0.2, 0.25) is 0 Å². The molecule has 7 rings (SSSR count). The maximum atomic E-state index is 5.02. The first-order valence-electron chi connectivity index (χ1n) is 9.42. The molecule has 6 aromatic rings. The molecule has 1 aliphatic carbocycles. The van der Waals surface area contributed by atoms with Gasteiger partial charge in [-0.1, -0.05) is 30.3 Å². The SMILES string of the molecule is c1ccc2c(c1)Cc1cc3c(cc1-2)nc1c2ncccc2c2ccncc2n31. The quantitative estimate of drug-likeness (QED) is 0.352. The Balaban J connectivity index is 1.70. The molecule has 28 heavy (non-hydrogen) atoms. The van der Waals surface area contributed by atoms with E-state index in [1.807, 2.05) is 24.7 Å². The second kappa shape index (κ2) is 4.93. The van der Waals surface area contributed by atoms with Crippen molar-refractivity contribution in [2.75, 3.05) is 0 Å². The Hall–Kier alpha value is -3.79. The van der Waals surface area contributed by atoms with Crippen molar-refractivity contribution in [1.82, 2.24) is 19.4 Å². The Kier molecular flexibility index (Phi) is 2.51. The van der Waals surface area contributed by atoms with Crippen molar-refractivity contribution < 1.29 is 0 Å². The average Bonchev–Trinajstić information content (AvgIpc) is 3.30. The summed E-state index contributed by atoms with van der Waals surface area (Å²) in [5.74, 6) is 0. The van der Waals surface area contributed by atoms with Crippen LogP contribution in [0.1, 0.15) is 11.1 Å². The molecule has 0 N–H and O–H groups in total. The standard InChI is InChI=1S/C24H14N4/c1-2-5-16-14(4-1)10-15-11-21-20(12-19(15)16)27-24-23-18(6-3-8-26-23)17-7-9-25-13-22(17)28(21)24/h1-9,11-13H,10H2. The number of rotatable bonds is 0. The third-order valence-electron chi connectivity index (χ3n) is 5.92. The molecule has 0 bridgehead atoms. The van der Waals surface area contributed by atoms with Crippen LogP contribution in [0.5, 0.6) is 0 Å². The summed E-state index contributed by atoms with van der Waals surface area (Å²) in [7, 11) is 0. The van der Waals surface area contributed by atoms with E-state index in [1.54, 1.807) is 0 Å². The molecule has 0 saturated carbocycles. The highest BCUT2D eigenvalue weighted by Gasteiger charge is 2.21. The van der Waals surface area contributed by atoms with Crippen molar-refractivity contribution in [3.05, 3.63) is 84.3 Å². The van der Waals surface area contributed by atoms with Crippen LogP contribution in [-0.2, 0) is 6.42 Å². The molecular weight excluding hydrogens is 344 g/mol. The zero-order valence-corrected chi connectivity index (χ0v) is 14.9. The van der Waals surface area contributed by atoms with Crippen LogP contribution >= 0.6 is 0 Å². The molecule has 4 aromatic heterocycles. The predicted octanol–water partition coefficient (Wildman–Crippen LogP) is 5.16. The van der Waals surface area contributed by atoms with Gasteiger partial charge in [0.15, 0.2) is 5.65 Å². The third kappa shape index (κ3) is 1.68. The maximum Gasteiger partial charge on any atom is 0.165 e. The van der Waals surface area contributed by atoms with Crippen LogP contribution in [0, 0.1) is 0 Å². The molecule has 0 unspecified atom stereocenters. The summed E-state index contributed by atoms with van der Waals surface area (Å²) in [5.41, 5.74) is 10.4. The van der Waals surface area contributed by atoms with E-state index in [2.05, 4.69) is 62.9 Å². The smallest absolute Gasteiger partial charge is 0.165 e. The van der Waals surface area contributed by atoms with Gasteiger partial charge in [0, 0.05) is 23.2 Å². The van der Waals surface area contributed by atoms with E-state index in [4.69, 9.17) is 4.98 Å². The van der Waals surface area contributed by atoms with Gasteiger partial charge in [-0.3, -0.25) is 14.4 Å². The van der Waals surface area contributed by atoms with Crippen molar-refractivity contribution in [3.8, 4) is 11.1 Å². The van der Waals surface area contributed by atoms with Gasteiger partial charge in [0.25, 0.3) is 0 Å². The van der Waals surface area contributed by atoms with Gasteiger partial charge in [-0.05, 0) is 52.9 Å². The van der Waals surface area contributed by atoms with Crippen LogP contribution < -0.4 is 0 Å². The fourth-order valence-corrected chi connectivity index (χ4v) is 4.70. The molecule has 0 spiro atoms. The Morgan fingerprint density at radius 1 is 0.786 bits per heavy atom. The molecule has 0 amide bonds. The highest BCUT2D eigenvalue weighted by Crippen LogP contribution is 2.40. The van der Waals surface area contributed by atoms with E-state index in [0.717, 1.165) is 44.9 Å². The molecule has 4 heteroatoms. The molecule has 0 saturated heterocycles. The van der Waals surface area contributed by atoms with Gasteiger partial charge in [-0.15, -0.1) is 0 Å². The third-order valence-corrected chi connectivity index (χ3v) is 5.92. The van der Waals surface area contributed by atoms with Crippen molar-refractivity contribution in [2.24, 2.45) is 0 Å². The lowest BCUT2D eigenvalue weighted by molar-refractivity contribution is 1.24. The van der Waals surface area contributed by atoms with Crippen LogP contribution in [0.3, 0.4) is 0 Å². The number of aromatic nitrogens is 4. The molecular formula is C24H14N4. The number of hydrogen-bond donors (Lipinski definition) is 0. The largest absolute Gasteiger partial charge is 0.289 e. The topological polar surface area (TPSA) is 43.1 Å². The monoisotopic (exact) mass is 358 g/mol. The summed E-state index contributed by atoms with van der Waals surface area (Å²) in [6, 6.07) is 19.3. The molecule has 1 aliphatic rings. The van der Waals surface area contributed by atoms with E-state index in [1.165, 1.54) is 22.3 Å². The van der Waals surface area contributed by atoms with Gasteiger partial charge in [0.05, 0.1) is 22.7 Å². The fourth-order valence-electron chi connectivity index (χ4n) is 4.70. The van der Waals surface area contributed by atoms with E-state index < -0.39 is 0 Å². The lowest BCUT2D eigenvalue weighted by Crippen LogP contribution is -1.93.